The van der Waals surface area contributed by atoms with E-state index in [-0.39, 0.29) is 11.7 Å². The zero-order valence-corrected chi connectivity index (χ0v) is 18.7. The molecule has 0 aliphatic rings. The van der Waals surface area contributed by atoms with Gasteiger partial charge in [0.25, 0.3) is 5.91 Å². The molecular formula is C24H24N2O5S. The van der Waals surface area contributed by atoms with Crippen LogP contribution in [-0.2, 0) is 0 Å². The van der Waals surface area contributed by atoms with Crippen molar-refractivity contribution in [1.29, 1.82) is 0 Å². The molecule has 7 nitrogen and oxygen atoms in total. The van der Waals surface area contributed by atoms with Crippen molar-refractivity contribution < 1.29 is 23.8 Å². The molecule has 0 atom stereocenters. The molecule has 2 aromatic carbocycles. The van der Waals surface area contributed by atoms with Crippen LogP contribution < -0.4 is 19.6 Å². The summed E-state index contributed by atoms with van der Waals surface area (Å²) in [6.07, 6.45) is 3.52. The number of hydrogen-bond donors (Lipinski definition) is 1. The zero-order chi connectivity index (χ0) is 22.8. The van der Waals surface area contributed by atoms with Crippen LogP contribution in [0.25, 0.3) is 0 Å². The Hall–Kier alpha value is -3.65. The number of nitrogens with zero attached hydrogens (tertiary/aromatic N) is 1. The Bertz CT molecular complexity index is 1060. The van der Waals surface area contributed by atoms with Crippen molar-refractivity contribution in [3.8, 4) is 17.2 Å². The van der Waals surface area contributed by atoms with E-state index in [2.05, 4.69) is 17.5 Å². The van der Waals surface area contributed by atoms with Crippen molar-refractivity contribution in [3.63, 3.8) is 0 Å². The fraction of sp³-hybridized carbons (Fsp3) is 0.208. The molecule has 0 bridgehead atoms. The molecule has 1 N–H and O–H groups in total. The lowest BCUT2D eigenvalue weighted by atomic mass is 10.2. The number of esters is 1. The van der Waals surface area contributed by atoms with Crippen LogP contribution in [0.5, 0.6) is 17.2 Å². The monoisotopic (exact) mass is 452 g/mol. The third-order valence-electron chi connectivity index (χ3n) is 4.37. The standard InChI is InChI=1S/C24H24N2O5S/c1-3-4-13-30-19-10-8-18(9-11-19)24(28)31-20-12-7-17(15-21(20)29-2)16-25-26-23(27)22-6-5-14-32-22/h5-12,14-16H,3-4,13H2,1-2H3,(H,26,27)/b25-16-. The van der Waals surface area contributed by atoms with Gasteiger partial charge < -0.3 is 14.2 Å². The first kappa shape index (κ1) is 23.0. The molecule has 166 valence electrons. The molecule has 0 aliphatic carbocycles. The van der Waals surface area contributed by atoms with Gasteiger partial charge in [-0.15, -0.1) is 11.3 Å². The number of hydrogen-bond acceptors (Lipinski definition) is 7. The van der Waals surface area contributed by atoms with E-state index in [1.54, 1.807) is 54.6 Å². The smallest absolute Gasteiger partial charge is 0.343 e. The van der Waals surface area contributed by atoms with Crippen LogP contribution in [0.2, 0.25) is 0 Å². The molecule has 0 unspecified atom stereocenters. The third kappa shape index (κ3) is 6.42. The maximum atomic E-state index is 12.5. The van der Waals surface area contributed by atoms with Crippen LogP contribution in [0, 0.1) is 0 Å². The van der Waals surface area contributed by atoms with E-state index in [0.29, 0.717) is 34.1 Å². The minimum absolute atomic E-state index is 0.278. The first-order chi connectivity index (χ1) is 15.6. The van der Waals surface area contributed by atoms with E-state index in [1.165, 1.54) is 24.7 Å². The number of carbonyl (C=O) groups is 2. The van der Waals surface area contributed by atoms with Crippen molar-refractivity contribution in [3.05, 3.63) is 76.0 Å². The van der Waals surface area contributed by atoms with Gasteiger partial charge in [0.15, 0.2) is 11.5 Å². The van der Waals surface area contributed by atoms with Crippen LogP contribution in [0.4, 0.5) is 0 Å². The second kappa shape index (κ2) is 11.7. The van der Waals surface area contributed by atoms with E-state index in [1.807, 2.05) is 5.38 Å². The second-order valence-electron chi connectivity index (χ2n) is 6.70. The maximum Gasteiger partial charge on any atom is 0.343 e. The quantitative estimate of drug-likeness (QED) is 0.155. The normalized spacial score (nSPS) is 10.7. The van der Waals surface area contributed by atoms with Gasteiger partial charge in [0.2, 0.25) is 0 Å². The number of methoxy groups -OCH3 is 1. The lowest BCUT2D eigenvalue weighted by Crippen LogP contribution is -2.16. The Labute approximate surface area is 190 Å². The minimum Gasteiger partial charge on any atom is -0.494 e. The van der Waals surface area contributed by atoms with E-state index in [4.69, 9.17) is 14.2 Å². The number of amides is 1. The summed E-state index contributed by atoms with van der Waals surface area (Å²) in [6, 6.07) is 15.3. The molecule has 0 fully saturated rings. The molecular weight excluding hydrogens is 428 g/mol. The highest BCUT2D eigenvalue weighted by Gasteiger charge is 2.13. The molecule has 0 spiro atoms. The van der Waals surface area contributed by atoms with Crippen molar-refractivity contribution >= 4 is 29.4 Å². The summed E-state index contributed by atoms with van der Waals surface area (Å²) in [6.45, 7) is 2.74. The highest BCUT2D eigenvalue weighted by Crippen LogP contribution is 2.28. The van der Waals surface area contributed by atoms with E-state index >= 15 is 0 Å². The van der Waals surface area contributed by atoms with Crippen molar-refractivity contribution in [2.75, 3.05) is 13.7 Å². The van der Waals surface area contributed by atoms with E-state index in [0.717, 1.165) is 12.8 Å². The van der Waals surface area contributed by atoms with Crippen molar-refractivity contribution in [1.82, 2.24) is 5.43 Å². The Morgan fingerprint density at radius 1 is 1.09 bits per heavy atom. The van der Waals surface area contributed by atoms with Gasteiger partial charge in [-0.2, -0.15) is 5.10 Å². The summed E-state index contributed by atoms with van der Waals surface area (Å²) in [5.74, 6) is 0.568. The average molecular weight is 453 g/mol. The summed E-state index contributed by atoms with van der Waals surface area (Å²) in [5, 5.41) is 5.77. The Morgan fingerprint density at radius 2 is 1.91 bits per heavy atom. The largest absolute Gasteiger partial charge is 0.494 e. The summed E-state index contributed by atoms with van der Waals surface area (Å²) in [5.41, 5.74) is 3.53. The number of nitrogens with one attached hydrogen (secondary N) is 1. The van der Waals surface area contributed by atoms with E-state index < -0.39 is 5.97 Å². The van der Waals surface area contributed by atoms with Gasteiger partial charge in [0.1, 0.15) is 5.75 Å². The lowest BCUT2D eigenvalue weighted by molar-refractivity contribution is 0.0729. The number of benzene rings is 2. The number of rotatable bonds is 10. The molecule has 0 saturated carbocycles. The number of ether oxygens (including phenoxy) is 3. The maximum absolute atomic E-state index is 12.5. The summed E-state index contributed by atoms with van der Waals surface area (Å²) in [4.78, 5) is 25.0. The third-order valence-corrected chi connectivity index (χ3v) is 5.24. The van der Waals surface area contributed by atoms with Gasteiger partial charge in [-0.1, -0.05) is 19.4 Å². The van der Waals surface area contributed by atoms with Crippen molar-refractivity contribution in [2.45, 2.75) is 19.8 Å². The second-order valence-corrected chi connectivity index (χ2v) is 7.65. The number of hydrazone groups is 1. The first-order valence-corrected chi connectivity index (χ1v) is 11.0. The van der Waals surface area contributed by atoms with Gasteiger partial charge in [0, 0.05) is 0 Å². The molecule has 3 rings (SSSR count). The van der Waals surface area contributed by atoms with Crippen LogP contribution in [0.15, 0.2) is 65.1 Å². The van der Waals surface area contributed by atoms with Gasteiger partial charge in [-0.25, -0.2) is 10.2 Å². The van der Waals surface area contributed by atoms with E-state index in [9.17, 15) is 9.59 Å². The first-order valence-electron chi connectivity index (χ1n) is 10.1. The average Bonchev–Trinajstić information content (AvgIpc) is 3.35. The fourth-order valence-corrected chi connectivity index (χ4v) is 3.27. The summed E-state index contributed by atoms with van der Waals surface area (Å²) >= 11 is 1.33. The molecule has 1 aromatic heterocycles. The predicted octanol–water partition coefficient (Wildman–Crippen LogP) is 4.92. The molecule has 0 saturated heterocycles. The highest BCUT2D eigenvalue weighted by molar-refractivity contribution is 7.12. The molecule has 1 heterocycles. The van der Waals surface area contributed by atoms with Crippen molar-refractivity contribution in [2.24, 2.45) is 5.10 Å². The number of carbonyl (C=O) groups excluding carboxylic acids is 2. The van der Waals surface area contributed by atoms with Gasteiger partial charge in [0.05, 0.1) is 30.4 Å². The molecule has 0 aliphatic heterocycles. The number of unbranched alkanes of at least 4 members (excludes halogenated alkanes) is 1. The topological polar surface area (TPSA) is 86.2 Å². The molecule has 8 heteroatoms. The Kier molecular flexibility index (Phi) is 8.39. The van der Waals surface area contributed by atoms with Crippen LogP contribution >= 0.6 is 11.3 Å². The molecule has 1 amide bonds. The van der Waals surface area contributed by atoms with Crippen LogP contribution in [-0.4, -0.2) is 31.8 Å². The number of thiophene rings is 1. The predicted molar refractivity (Wildman–Crippen MR) is 124 cm³/mol. The van der Waals surface area contributed by atoms with Crippen LogP contribution in [0.3, 0.4) is 0 Å². The zero-order valence-electron chi connectivity index (χ0n) is 17.9. The van der Waals surface area contributed by atoms with Gasteiger partial charge >= 0.3 is 5.97 Å². The van der Waals surface area contributed by atoms with Crippen LogP contribution in [0.1, 0.15) is 45.4 Å². The molecule has 0 radical (unpaired) electrons. The Morgan fingerprint density at radius 3 is 2.59 bits per heavy atom. The summed E-state index contributed by atoms with van der Waals surface area (Å²) < 4.78 is 16.4. The van der Waals surface area contributed by atoms with Gasteiger partial charge in [-0.3, -0.25) is 4.79 Å². The molecule has 32 heavy (non-hydrogen) atoms. The summed E-state index contributed by atoms with van der Waals surface area (Å²) in [7, 11) is 1.48. The minimum atomic E-state index is -0.506. The molecule has 3 aromatic rings. The Balaban J connectivity index is 1.61. The lowest BCUT2D eigenvalue weighted by Gasteiger charge is -2.10. The highest BCUT2D eigenvalue weighted by atomic mass is 32.1. The van der Waals surface area contributed by atoms with Gasteiger partial charge in [-0.05, 0) is 65.9 Å². The fourth-order valence-electron chi connectivity index (χ4n) is 2.66. The SMILES string of the molecule is CCCCOc1ccc(C(=O)Oc2ccc(/C=N\NC(=O)c3cccs3)cc2OC)cc1.